The molecule has 1 heterocycles. The maximum Gasteiger partial charge on any atom is 0.412 e. The minimum absolute atomic E-state index is 0.170. The molecule has 1 saturated heterocycles. The number of methoxy groups -OCH3 is 1. The van der Waals surface area contributed by atoms with Gasteiger partial charge in [0.15, 0.2) is 5.72 Å². The number of hydrogen-bond acceptors (Lipinski definition) is 4. The zero-order chi connectivity index (χ0) is 13.3. The third-order valence-electron chi connectivity index (χ3n) is 2.67. The van der Waals surface area contributed by atoms with Gasteiger partial charge in [0.25, 0.3) is 0 Å². The molecule has 6 heteroatoms. The van der Waals surface area contributed by atoms with Crippen molar-refractivity contribution in [2.24, 2.45) is 5.73 Å². The Balaban J connectivity index is 2.89. The van der Waals surface area contributed by atoms with Gasteiger partial charge >= 0.3 is 6.09 Å². The summed E-state index contributed by atoms with van der Waals surface area (Å²) < 4.78 is 10.7. The van der Waals surface area contributed by atoms with Gasteiger partial charge in [-0.1, -0.05) is 12.2 Å². The molecule has 0 bridgehead atoms. The first-order chi connectivity index (χ1) is 7.73. The van der Waals surface area contributed by atoms with Crippen LogP contribution in [0.2, 0.25) is 0 Å². The molecule has 1 aliphatic rings. The fourth-order valence-corrected chi connectivity index (χ4v) is 2.21. The van der Waals surface area contributed by atoms with Gasteiger partial charge in [-0.15, -0.1) is 0 Å². The van der Waals surface area contributed by atoms with E-state index >= 15 is 0 Å². The molecule has 0 aromatic heterocycles. The first-order valence-electron chi connectivity index (χ1n) is 5.58. The van der Waals surface area contributed by atoms with Gasteiger partial charge in [0.1, 0.15) is 10.6 Å². The maximum atomic E-state index is 12.0. The number of carbonyl (C=O) groups is 1. The van der Waals surface area contributed by atoms with Crippen LogP contribution < -0.4 is 5.73 Å². The SMILES string of the molecule is COC1(C(N)=S)CCCN1C(=O)OC(C)(C)C. The van der Waals surface area contributed by atoms with Gasteiger partial charge in [-0.2, -0.15) is 0 Å². The van der Waals surface area contributed by atoms with E-state index in [-0.39, 0.29) is 4.99 Å². The number of ether oxygens (including phenoxy) is 2. The molecule has 98 valence electrons. The largest absolute Gasteiger partial charge is 0.444 e. The Morgan fingerprint density at radius 1 is 1.47 bits per heavy atom. The highest BCUT2D eigenvalue weighted by Crippen LogP contribution is 2.31. The van der Waals surface area contributed by atoms with Crippen molar-refractivity contribution >= 4 is 23.3 Å². The van der Waals surface area contributed by atoms with Crippen LogP contribution in [0.15, 0.2) is 0 Å². The van der Waals surface area contributed by atoms with E-state index < -0.39 is 17.4 Å². The molecule has 1 unspecified atom stereocenters. The number of nitrogens with two attached hydrogens (primary N) is 1. The van der Waals surface area contributed by atoms with Crippen LogP contribution >= 0.6 is 12.2 Å². The lowest BCUT2D eigenvalue weighted by Crippen LogP contribution is -2.57. The van der Waals surface area contributed by atoms with E-state index in [1.54, 1.807) is 0 Å². The summed E-state index contributed by atoms with van der Waals surface area (Å²) in [6.45, 7) is 5.99. The van der Waals surface area contributed by atoms with Gasteiger partial charge in [0.2, 0.25) is 0 Å². The van der Waals surface area contributed by atoms with Crippen molar-refractivity contribution in [2.45, 2.75) is 44.9 Å². The van der Waals surface area contributed by atoms with Crippen molar-refractivity contribution < 1.29 is 14.3 Å². The molecule has 17 heavy (non-hydrogen) atoms. The third kappa shape index (κ3) is 2.87. The molecule has 5 nitrogen and oxygen atoms in total. The van der Waals surface area contributed by atoms with Gasteiger partial charge in [-0.3, -0.25) is 4.90 Å². The molecule has 0 aliphatic carbocycles. The van der Waals surface area contributed by atoms with Crippen molar-refractivity contribution in [3.63, 3.8) is 0 Å². The van der Waals surface area contributed by atoms with Crippen molar-refractivity contribution in [1.29, 1.82) is 0 Å². The Morgan fingerprint density at radius 3 is 2.47 bits per heavy atom. The third-order valence-corrected chi connectivity index (χ3v) is 2.99. The van der Waals surface area contributed by atoms with E-state index in [1.807, 2.05) is 20.8 Å². The summed E-state index contributed by atoms with van der Waals surface area (Å²) in [4.78, 5) is 13.7. The molecular formula is C11H20N2O3S. The summed E-state index contributed by atoms with van der Waals surface area (Å²) >= 11 is 5.01. The van der Waals surface area contributed by atoms with Gasteiger partial charge in [-0.25, -0.2) is 4.79 Å². The van der Waals surface area contributed by atoms with Crippen LogP contribution in [0.1, 0.15) is 33.6 Å². The lowest BCUT2D eigenvalue weighted by atomic mass is 10.1. The van der Waals surface area contributed by atoms with Crippen LogP contribution in [0.25, 0.3) is 0 Å². The van der Waals surface area contributed by atoms with Crippen molar-refractivity contribution in [2.75, 3.05) is 13.7 Å². The van der Waals surface area contributed by atoms with E-state index in [4.69, 9.17) is 27.4 Å². The fraction of sp³-hybridized carbons (Fsp3) is 0.818. The van der Waals surface area contributed by atoms with Crippen LogP contribution in [-0.2, 0) is 9.47 Å². The van der Waals surface area contributed by atoms with Crippen LogP contribution in [0.3, 0.4) is 0 Å². The average Bonchev–Trinajstić information content (AvgIpc) is 2.59. The highest BCUT2D eigenvalue weighted by Gasteiger charge is 2.48. The van der Waals surface area contributed by atoms with Gasteiger partial charge in [-0.05, 0) is 27.2 Å². The van der Waals surface area contributed by atoms with Crippen LogP contribution in [0.5, 0.6) is 0 Å². The maximum absolute atomic E-state index is 12.0. The van der Waals surface area contributed by atoms with Crippen LogP contribution in [0, 0.1) is 0 Å². The summed E-state index contributed by atoms with van der Waals surface area (Å²) in [7, 11) is 1.50. The summed E-state index contributed by atoms with van der Waals surface area (Å²) in [5, 5.41) is 0. The zero-order valence-corrected chi connectivity index (χ0v) is 11.6. The fourth-order valence-electron chi connectivity index (χ4n) is 1.92. The molecular weight excluding hydrogens is 240 g/mol. The second-order valence-corrected chi connectivity index (χ2v) is 5.53. The highest BCUT2D eigenvalue weighted by molar-refractivity contribution is 7.80. The summed E-state index contributed by atoms with van der Waals surface area (Å²) in [5.74, 6) is 0. The lowest BCUT2D eigenvalue weighted by Gasteiger charge is -2.36. The van der Waals surface area contributed by atoms with Crippen LogP contribution in [0.4, 0.5) is 4.79 Å². The monoisotopic (exact) mass is 260 g/mol. The quantitative estimate of drug-likeness (QED) is 0.765. The number of hydrogen-bond donors (Lipinski definition) is 1. The molecule has 1 atom stereocenters. The second-order valence-electron chi connectivity index (χ2n) is 5.09. The van der Waals surface area contributed by atoms with E-state index in [1.165, 1.54) is 12.0 Å². The Morgan fingerprint density at radius 2 is 2.06 bits per heavy atom. The number of nitrogens with zero attached hydrogens (tertiary/aromatic N) is 1. The number of thiocarbonyl (C=S) groups is 1. The number of likely N-dealkylation sites (tertiary alicyclic amines) is 1. The molecule has 1 amide bonds. The first kappa shape index (κ1) is 14.2. The lowest BCUT2D eigenvalue weighted by molar-refractivity contribution is -0.0638. The highest BCUT2D eigenvalue weighted by atomic mass is 32.1. The smallest absolute Gasteiger partial charge is 0.412 e. The molecule has 1 rings (SSSR count). The van der Waals surface area contributed by atoms with E-state index in [9.17, 15) is 4.79 Å². The van der Waals surface area contributed by atoms with Gasteiger partial charge in [0.05, 0.1) is 0 Å². The minimum atomic E-state index is -0.988. The summed E-state index contributed by atoms with van der Waals surface area (Å²) in [5.41, 5.74) is 4.16. The Kier molecular flexibility index (Phi) is 3.99. The van der Waals surface area contributed by atoms with Crippen LogP contribution in [-0.4, -0.2) is 41.0 Å². The molecule has 2 N–H and O–H groups in total. The molecule has 0 aromatic rings. The predicted molar refractivity (Wildman–Crippen MR) is 68.7 cm³/mol. The zero-order valence-electron chi connectivity index (χ0n) is 10.8. The second kappa shape index (κ2) is 4.78. The molecule has 0 aromatic carbocycles. The Hall–Kier alpha value is -0.880. The van der Waals surface area contributed by atoms with E-state index in [2.05, 4.69) is 0 Å². The van der Waals surface area contributed by atoms with Crippen molar-refractivity contribution in [3.05, 3.63) is 0 Å². The average molecular weight is 260 g/mol. The predicted octanol–water partition coefficient (Wildman–Crippen LogP) is 1.65. The number of rotatable bonds is 2. The first-order valence-corrected chi connectivity index (χ1v) is 5.99. The van der Waals surface area contributed by atoms with Crippen molar-refractivity contribution in [1.82, 2.24) is 4.90 Å². The standard InChI is InChI=1S/C11H20N2O3S/c1-10(2,3)16-9(14)13-7-5-6-11(13,15-4)8(12)17/h5-7H2,1-4H3,(H2,12,17). The molecule has 0 radical (unpaired) electrons. The summed E-state index contributed by atoms with van der Waals surface area (Å²) in [6.07, 6.45) is 0.965. The Labute approximate surface area is 107 Å². The number of carbonyl (C=O) groups excluding carboxylic acids is 1. The normalized spacial score (nSPS) is 24.8. The molecule has 1 aliphatic heterocycles. The molecule has 0 saturated carbocycles. The minimum Gasteiger partial charge on any atom is -0.444 e. The van der Waals surface area contributed by atoms with Gasteiger partial charge < -0.3 is 15.2 Å². The topological polar surface area (TPSA) is 64.8 Å². The number of amides is 1. The van der Waals surface area contributed by atoms with E-state index in [0.29, 0.717) is 13.0 Å². The van der Waals surface area contributed by atoms with Gasteiger partial charge in [0, 0.05) is 20.1 Å². The van der Waals surface area contributed by atoms with Crippen molar-refractivity contribution in [3.8, 4) is 0 Å². The molecule has 1 fully saturated rings. The molecule has 0 spiro atoms. The van der Waals surface area contributed by atoms with E-state index in [0.717, 1.165) is 6.42 Å². The summed E-state index contributed by atoms with van der Waals surface area (Å²) in [6, 6.07) is 0. The Bertz CT molecular complexity index is 327.